The quantitative estimate of drug-likeness (QED) is 0.263. The van der Waals surface area contributed by atoms with Crippen molar-refractivity contribution in [3.05, 3.63) is 82.9 Å². The van der Waals surface area contributed by atoms with Crippen LogP contribution < -0.4 is 20.1 Å². The van der Waals surface area contributed by atoms with E-state index < -0.39 is 30.3 Å². The number of methoxy groups -OCH3 is 1. The van der Waals surface area contributed by atoms with Gasteiger partial charge in [0.2, 0.25) is 5.91 Å². The van der Waals surface area contributed by atoms with E-state index in [0.29, 0.717) is 33.5 Å². The Morgan fingerprint density at radius 1 is 1.00 bits per heavy atom. The number of rotatable bonds is 9. The normalized spacial score (nSPS) is 18.2. The molecule has 3 atom stereocenters. The van der Waals surface area contributed by atoms with Crippen molar-refractivity contribution in [2.24, 2.45) is 0 Å². The number of aliphatic hydroxyl groups is 2. The summed E-state index contributed by atoms with van der Waals surface area (Å²) in [6.07, 6.45) is -2.43. The topological polar surface area (TPSA) is 158 Å². The molecule has 3 amide bonds. The second kappa shape index (κ2) is 12.7. The first-order valence-electron chi connectivity index (χ1n) is 12.3. The standard InChI is InChI=1S/C28H28ClN3O8/c1-39-24-12-16(6-11-21(24)31-28(38)30-20-5-3-2-4-19(20)29)13-25(34)32-14-23(33)26(35)22(32)15-40-18-9-7-17(8-10-18)27(36)37/h2-12,22-23,26,33,35H,13-15H2,1H3,(H,36,37)(H2,30,31,38)/t22-,23-,26+/m1/s1. The highest BCUT2D eigenvalue weighted by Gasteiger charge is 2.42. The lowest BCUT2D eigenvalue weighted by atomic mass is 10.1. The number of aliphatic hydroxyl groups excluding tert-OH is 2. The summed E-state index contributed by atoms with van der Waals surface area (Å²) in [5.74, 6) is -0.744. The van der Waals surface area contributed by atoms with Crippen molar-refractivity contribution in [2.75, 3.05) is 30.9 Å². The molecule has 1 fully saturated rings. The van der Waals surface area contributed by atoms with E-state index in [2.05, 4.69) is 10.6 Å². The van der Waals surface area contributed by atoms with Crippen molar-refractivity contribution >= 4 is 40.9 Å². The molecule has 210 valence electrons. The lowest BCUT2D eigenvalue weighted by Crippen LogP contribution is -2.44. The smallest absolute Gasteiger partial charge is 0.335 e. The number of anilines is 2. The van der Waals surface area contributed by atoms with E-state index >= 15 is 0 Å². The van der Waals surface area contributed by atoms with Gasteiger partial charge in [0.25, 0.3) is 0 Å². The van der Waals surface area contributed by atoms with Crippen molar-refractivity contribution in [3.8, 4) is 11.5 Å². The number of aromatic carboxylic acids is 1. The Labute approximate surface area is 234 Å². The minimum atomic E-state index is -1.22. The molecule has 0 radical (unpaired) electrons. The molecule has 0 bridgehead atoms. The second-order valence-corrected chi connectivity index (χ2v) is 9.49. The zero-order valence-electron chi connectivity index (χ0n) is 21.4. The van der Waals surface area contributed by atoms with E-state index in [1.807, 2.05) is 0 Å². The van der Waals surface area contributed by atoms with E-state index in [0.717, 1.165) is 0 Å². The van der Waals surface area contributed by atoms with Crippen LogP contribution in [-0.4, -0.2) is 76.6 Å². The van der Waals surface area contributed by atoms with Gasteiger partial charge in [-0.3, -0.25) is 4.79 Å². The Balaban J connectivity index is 1.40. The number of carbonyl (C=O) groups excluding carboxylic acids is 2. The molecule has 0 aromatic heterocycles. The first kappa shape index (κ1) is 28.7. The fourth-order valence-electron chi connectivity index (χ4n) is 4.30. The van der Waals surface area contributed by atoms with Gasteiger partial charge in [-0.1, -0.05) is 29.8 Å². The summed E-state index contributed by atoms with van der Waals surface area (Å²) < 4.78 is 11.1. The number of hydrogen-bond acceptors (Lipinski definition) is 7. The highest BCUT2D eigenvalue weighted by molar-refractivity contribution is 6.33. The third kappa shape index (κ3) is 6.81. The number of benzene rings is 3. The fraction of sp³-hybridized carbons (Fsp3) is 0.250. The molecule has 12 heteroatoms. The highest BCUT2D eigenvalue weighted by Crippen LogP contribution is 2.28. The van der Waals surface area contributed by atoms with Crippen molar-refractivity contribution in [2.45, 2.75) is 24.7 Å². The Bertz CT molecular complexity index is 1380. The minimum Gasteiger partial charge on any atom is -0.495 e. The van der Waals surface area contributed by atoms with Gasteiger partial charge in [-0.15, -0.1) is 0 Å². The number of ether oxygens (including phenoxy) is 2. The second-order valence-electron chi connectivity index (χ2n) is 9.08. The number of halogens is 1. The largest absolute Gasteiger partial charge is 0.495 e. The van der Waals surface area contributed by atoms with E-state index in [-0.39, 0.29) is 31.0 Å². The van der Waals surface area contributed by atoms with Gasteiger partial charge in [-0.05, 0) is 54.1 Å². The van der Waals surface area contributed by atoms with Crippen LogP contribution in [0.3, 0.4) is 0 Å². The molecule has 0 spiro atoms. The molecular weight excluding hydrogens is 542 g/mol. The number of para-hydroxylation sites is 1. The number of carboxylic acids is 1. The number of nitrogens with one attached hydrogen (secondary N) is 2. The maximum Gasteiger partial charge on any atom is 0.335 e. The maximum absolute atomic E-state index is 13.2. The Hall–Kier alpha value is -4.32. The summed E-state index contributed by atoms with van der Waals surface area (Å²) in [5.41, 5.74) is 1.49. The zero-order valence-corrected chi connectivity index (χ0v) is 22.2. The molecule has 11 nitrogen and oxygen atoms in total. The van der Waals surface area contributed by atoms with Gasteiger partial charge in [0.15, 0.2) is 0 Å². The maximum atomic E-state index is 13.2. The summed E-state index contributed by atoms with van der Waals surface area (Å²) in [5, 5.41) is 35.5. The summed E-state index contributed by atoms with van der Waals surface area (Å²) >= 11 is 6.09. The van der Waals surface area contributed by atoms with Crippen LogP contribution in [0, 0.1) is 0 Å². The van der Waals surface area contributed by atoms with Crippen molar-refractivity contribution in [1.29, 1.82) is 0 Å². The molecule has 1 heterocycles. The van der Waals surface area contributed by atoms with Gasteiger partial charge in [0, 0.05) is 6.54 Å². The molecule has 0 aliphatic carbocycles. The van der Waals surface area contributed by atoms with Crippen LogP contribution in [-0.2, 0) is 11.2 Å². The van der Waals surface area contributed by atoms with Crippen LogP contribution in [0.15, 0.2) is 66.7 Å². The van der Waals surface area contributed by atoms with Gasteiger partial charge < -0.3 is 40.3 Å². The molecule has 1 aliphatic heterocycles. The summed E-state index contributed by atoms with van der Waals surface area (Å²) in [6.45, 7) is -0.186. The molecule has 0 saturated carbocycles. The monoisotopic (exact) mass is 569 g/mol. The van der Waals surface area contributed by atoms with E-state index in [9.17, 15) is 24.6 Å². The van der Waals surface area contributed by atoms with Gasteiger partial charge in [-0.2, -0.15) is 0 Å². The van der Waals surface area contributed by atoms with Crippen LogP contribution in [0.5, 0.6) is 11.5 Å². The fourth-order valence-corrected chi connectivity index (χ4v) is 4.48. The number of amides is 3. The van der Waals surface area contributed by atoms with Crippen LogP contribution in [0.2, 0.25) is 5.02 Å². The lowest BCUT2D eigenvalue weighted by molar-refractivity contribution is -0.132. The first-order chi connectivity index (χ1) is 19.2. The van der Waals surface area contributed by atoms with E-state index in [4.69, 9.17) is 26.2 Å². The minimum absolute atomic E-state index is 0.0638. The summed E-state index contributed by atoms with van der Waals surface area (Å²) in [6, 6.07) is 16.0. The zero-order chi connectivity index (χ0) is 28.8. The number of β-amino-alcohol motifs (C(OH)–C–C–N with tert-alkyl or cyclic N) is 1. The number of likely N-dealkylation sites (tertiary alicyclic amines) is 1. The van der Waals surface area contributed by atoms with Crippen molar-refractivity contribution < 1.29 is 39.2 Å². The Morgan fingerprint density at radius 2 is 1.70 bits per heavy atom. The van der Waals surface area contributed by atoms with Crippen molar-refractivity contribution in [1.82, 2.24) is 4.90 Å². The third-order valence-electron chi connectivity index (χ3n) is 6.41. The highest BCUT2D eigenvalue weighted by atomic mass is 35.5. The number of carbonyl (C=O) groups is 3. The molecular formula is C28H28ClN3O8. The predicted molar refractivity (Wildman–Crippen MR) is 147 cm³/mol. The summed E-state index contributed by atoms with van der Waals surface area (Å²) in [7, 11) is 1.43. The summed E-state index contributed by atoms with van der Waals surface area (Å²) in [4.78, 5) is 38.0. The van der Waals surface area contributed by atoms with Gasteiger partial charge in [0.1, 0.15) is 24.2 Å². The van der Waals surface area contributed by atoms with Crippen LogP contribution >= 0.6 is 11.6 Å². The molecule has 5 N–H and O–H groups in total. The van der Waals surface area contributed by atoms with Gasteiger partial charge in [-0.25, -0.2) is 9.59 Å². The Morgan fingerprint density at radius 3 is 2.38 bits per heavy atom. The van der Waals surface area contributed by atoms with E-state index in [1.165, 1.54) is 36.3 Å². The molecule has 40 heavy (non-hydrogen) atoms. The third-order valence-corrected chi connectivity index (χ3v) is 6.74. The number of nitrogens with zero attached hydrogens (tertiary/aromatic N) is 1. The van der Waals surface area contributed by atoms with Gasteiger partial charge >= 0.3 is 12.0 Å². The van der Waals surface area contributed by atoms with Crippen LogP contribution in [0.4, 0.5) is 16.2 Å². The van der Waals surface area contributed by atoms with Crippen LogP contribution in [0.25, 0.3) is 0 Å². The average molecular weight is 570 g/mol. The van der Waals surface area contributed by atoms with E-state index in [1.54, 1.807) is 42.5 Å². The number of hydrogen-bond donors (Lipinski definition) is 5. The molecule has 0 unspecified atom stereocenters. The molecule has 3 aromatic carbocycles. The predicted octanol–water partition coefficient (Wildman–Crippen LogP) is 3.24. The molecule has 1 aliphatic rings. The molecule has 4 rings (SSSR count). The molecule has 3 aromatic rings. The van der Waals surface area contributed by atoms with Gasteiger partial charge in [0.05, 0.1) is 47.6 Å². The lowest BCUT2D eigenvalue weighted by Gasteiger charge is -2.26. The van der Waals surface area contributed by atoms with Crippen LogP contribution in [0.1, 0.15) is 15.9 Å². The Kier molecular flexibility index (Phi) is 9.10. The SMILES string of the molecule is COc1cc(CC(=O)N2C[C@@H](O)[C@@H](O)[C@H]2COc2ccc(C(=O)O)cc2)ccc1NC(=O)Nc1ccccc1Cl. The average Bonchev–Trinajstić information content (AvgIpc) is 3.22. The molecule has 1 saturated heterocycles. The number of urea groups is 1. The number of carboxylic acid groups (broad SMARTS) is 1. The van der Waals surface area contributed by atoms with Crippen molar-refractivity contribution in [3.63, 3.8) is 0 Å². The first-order valence-corrected chi connectivity index (χ1v) is 12.6.